The molecule has 1 aliphatic rings. The van der Waals surface area contributed by atoms with Gasteiger partial charge in [-0.1, -0.05) is 18.2 Å². The molecule has 0 saturated heterocycles. The third-order valence-electron chi connectivity index (χ3n) is 4.93. The van der Waals surface area contributed by atoms with Crippen molar-refractivity contribution in [3.05, 3.63) is 41.5 Å². The van der Waals surface area contributed by atoms with Crippen LogP contribution in [0.25, 0.3) is 5.70 Å². The summed E-state index contributed by atoms with van der Waals surface area (Å²) in [6.45, 7) is 6.45. The second-order valence-corrected chi connectivity index (χ2v) is 6.77. The van der Waals surface area contributed by atoms with E-state index in [0.717, 1.165) is 49.2 Å². The molecule has 0 unspecified atom stereocenters. The predicted octanol–water partition coefficient (Wildman–Crippen LogP) is 4.32. The maximum Gasteiger partial charge on any atom is 0.216 e. The molecule has 1 fully saturated rings. The van der Waals surface area contributed by atoms with Gasteiger partial charge in [0.05, 0.1) is 17.3 Å². The van der Waals surface area contributed by atoms with Crippen molar-refractivity contribution in [3.63, 3.8) is 0 Å². The summed E-state index contributed by atoms with van der Waals surface area (Å²) in [5.74, 6) is 1.14. The number of benzene rings is 1. The molecule has 25 heavy (non-hydrogen) atoms. The third kappa shape index (κ3) is 5.56. The molecule has 0 radical (unpaired) electrons. The highest BCUT2D eigenvalue weighted by Crippen LogP contribution is 2.30. The molecule has 1 amide bonds. The van der Waals surface area contributed by atoms with Crippen LogP contribution in [0, 0.1) is 23.2 Å². The molecule has 0 atom stereocenters. The lowest BCUT2D eigenvalue weighted by molar-refractivity contribution is -0.119. The molecule has 0 spiro atoms. The number of nitrogens with one attached hydrogen (secondary N) is 1. The molecule has 132 valence electrons. The zero-order chi connectivity index (χ0) is 18.2. The maximum absolute atomic E-state index is 11.0. The van der Waals surface area contributed by atoms with Crippen LogP contribution in [0.5, 0.6) is 0 Å². The van der Waals surface area contributed by atoms with Crippen LogP contribution in [-0.2, 0) is 4.79 Å². The van der Waals surface area contributed by atoms with Gasteiger partial charge in [-0.2, -0.15) is 5.26 Å². The van der Waals surface area contributed by atoms with Crippen LogP contribution >= 0.6 is 0 Å². The van der Waals surface area contributed by atoms with E-state index in [0.29, 0.717) is 17.4 Å². The van der Waals surface area contributed by atoms with Gasteiger partial charge in [0, 0.05) is 24.7 Å². The highest BCUT2D eigenvalue weighted by Gasteiger charge is 2.23. The van der Waals surface area contributed by atoms with Crippen LogP contribution in [0.1, 0.15) is 57.6 Å². The first-order chi connectivity index (χ1) is 12.0. The van der Waals surface area contributed by atoms with Gasteiger partial charge < -0.3 is 5.32 Å². The Bertz CT molecular complexity index is 704. The number of nitrogens with zero attached hydrogens (tertiary/aromatic N) is 2. The first kappa shape index (κ1) is 18.9. The minimum atomic E-state index is 0.0530. The smallest absolute Gasteiger partial charge is 0.216 e. The van der Waals surface area contributed by atoms with Gasteiger partial charge in [-0.15, -0.1) is 0 Å². The van der Waals surface area contributed by atoms with Crippen LogP contribution in [0.15, 0.2) is 35.3 Å². The van der Waals surface area contributed by atoms with E-state index >= 15 is 0 Å². The lowest BCUT2D eigenvalue weighted by Crippen LogP contribution is -2.30. The SMILES string of the molecule is C/C=C(\N=C(C)C1CCC(CNC(C)=O)CC1)c1cccc(C#N)c1. The van der Waals surface area contributed by atoms with E-state index in [2.05, 4.69) is 18.3 Å². The molecule has 1 aromatic rings. The van der Waals surface area contributed by atoms with Gasteiger partial charge >= 0.3 is 0 Å². The predicted molar refractivity (Wildman–Crippen MR) is 102 cm³/mol. The van der Waals surface area contributed by atoms with E-state index in [1.165, 1.54) is 0 Å². The zero-order valence-corrected chi connectivity index (χ0v) is 15.4. The number of hydrogen-bond donors (Lipinski definition) is 1. The Hall–Kier alpha value is -2.41. The Balaban J connectivity index is 2.00. The first-order valence-electron chi connectivity index (χ1n) is 9.00. The van der Waals surface area contributed by atoms with Crippen molar-refractivity contribution >= 4 is 17.3 Å². The Labute approximate surface area is 150 Å². The van der Waals surface area contributed by atoms with Crippen molar-refractivity contribution in [1.82, 2.24) is 5.32 Å². The fourth-order valence-electron chi connectivity index (χ4n) is 3.40. The van der Waals surface area contributed by atoms with Crippen LogP contribution in [0.3, 0.4) is 0 Å². The molecule has 0 heterocycles. The van der Waals surface area contributed by atoms with Gasteiger partial charge in [0.2, 0.25) is 5.91 Å². The normalized spacial score (nSPS) is 21.5. The number of rotatable bonds is 5. The Morgan fingerprint density at radius 3 is 2.64 bits per heavy atom. The van der Waals surface area contributed by atoms with Crippen molar-refractivity contribution in [3.8, 4) is 6.07 Å². The Kier molecular flexibility index (Phi) is 6.94. The number of allylic oxidation sites excluding steroid dienone is 1. The van der Waals surface area contributed by atoms with Crippen LogP contribution in [0.2, 0.25) is 0 Å². The first-order valence-corrected chi connectivity index (χ1v) is 9.00. The van der Waals surface area contributed by atoms with E-state index in [4.69, 9.17) is 10.3 Å². The molecular weight excluding hydrogens is 310 g/mol. The average molecular weight is 337 g/mol. The fourth-order valence-corrected chi connectivity index (χ4v) is 3.40. The minimum absolute atomic E-state index is 0.0530. The summed E-state index contributed by atoms with van der Waals surface area (Å²) in [6, 6.07) is 9.77. The van der Waals surface area contributed by atoms with Gasteiger partial charge in [-0.3, -0.25) is 9.79 Å². The number of nitriles is 1. The molecule has 1 aliphatic carbocycles. The molecule has 0 aliphatic heterocycles. The zero-order valence-electron chi connectivity index (χ0n) is 15.4. The summed E-state index contributed by atoms with van der Waals surface area (Å²) >= 11 is 0. The molecular formula is C21H27N3O. The summed E-state index contributed by atoms with van der Waals surface area (Å²) in [7, 11) is 0. The van der Waals surface area contributed by atoms with E-state index in [1.54, 1.807) is 6.92 Å². The van der Waals surface area contributed by atoms with Crippen molar-refractivity contribution in [2.24, 2.45) is 16.8 Å². The van der Waals surface area contributed by atoms with Gasteiger partial charge in [0.1, 0.15) is 0 Å². The highest BCUT2D eigenvalue weighted by atomic mass is 16.1. The van der Waals surface area contributed by atoms with Crippen molar-refractivity contribution in [1.29, 1.82) is 5.26 Å². The Morgan fingerprint density at radius 1 is 1.32 bits per heavy atom. The van der Waals surface area contributed by atoms with E-state index in [-0.39, 0.29) is 5.91 Å². The largest absolute Gasteiger partial charge is 0.356 e. The van der Waals surface area contributed by atoms with Crippen molar-refractivity contribution in [2.75, 3.05) is 6.54 Å². The molecule has 0 aromatic heterocycles. The molecule has 2 rings (SSSR count). The Morgan fingerprint density at radius 2 is 2.04 bits per heavy atom. The lowest BCUT2D eigenvalue weighted by atomic mass is 9.80. The van der Waals surface area contributed by atoms with E-state index in [1.807, 2.05) is 37.3 Å². The van der Waals surface area contributed by atoms with Crippen LogP contribution in [-0.4, -0.2) is 18.2 Å². The molecule has 1 saturated carbocycles. The molecule has 4 heteroatoms. The van der Waals surface area contributed by atoms with Gasteiger partial charge in [-0.05, 0) is 63.5 Å². The monoisotopic (exact) mass is 337 g/mol. The van der Waals surface area contributed by atoms with Crippen molar-refractivity contribution < 1.29 is 4.79 Å². The summed E-state index contributed by atoms with van der Waals surface area (Å²) in [4.78, 5) is 15.9. The van der Waals surface area contributed by atoms with Gasteiger partial charge in [-0.25, -0.2) is 0 Å². The standard InChI is InChI=1S/C21H27N3O/c1-4-21(20-7-5-6-18(12-20)13-22)24-15(2)19-10-8-17(9-11-19)14-23-16(3)25/h4-7,12,17,19H,8-11,14H2,1-3H3,(H,23,25)/b21-4-,24-15?. The minimum Gasteiger partial charge on any atom is -0.356 e. The van der Waals surface area contributed by atoms with Crippen LogP contribution in [0.4, 0.5) is 0 Å². The number of carbonyl (C=O) groups excluding carboxylic acids is 1. The number of aliphatic imine (C=N–C) groups is 1. The van der Waals surface area contributed by atoms with Gasteiger partial charge in [0.15, 0.2) is 0 Å². The number of amides is 1. The third-order valence-corrected chi connectivity index (χ3v) is 4.93. The topological polar surface area (TPSA) is 65.2 Å². The van der Waals surface area contributed by atoms with E-state index in [9.17, 15) is 4.79 Å². The highest BCUT2D eigenvalue weighted by molar-refractivity contribution is 5.90. The summed E-state index contributed by atoms with van der Waals surface area (Å²) in [5.41, 5.74) is 3.73. The summed E-state index contributed by atoms with van der Waals surface area (Å²) in [5, 5.41) is 12.0. The fraction of sp³-hybridized carbons (Fsp3) is 0.476. The maximum atomic E-state index is 11.0. The molecule has 4 nitrogen and oxygen atoms in total. The van der Waals surface area contributed by atoms with Crippen molar-refractivity contribution in [2.45, 2.75) is 46.5 Å². The quantitative estimate of drug-likeness (QED) is 0.813. The van der Waals surface area contributed by atoms with E-state index < -0.39 is 0 Å². The summed E-state index contributed by atoms with van der Waals surface area (Å²) in [6.07, 6.45) is 6.51. The number of hydrogen-bond acceptors (Lipinski definition) is 3. The molecule has 1 aromatic carbocycles. The average Bonchev–Trinajstić information content (AvgIpc) is 2.64. The van der Waals surface area contributed by atoms with Crippen LogP contribution < -0.4 is 5.32 Å². The second kappa shape index (κ2) is 9.17. The molecule has 1 N–H and O–H groups in total. The molecule has 0 bridgehead atoms. The second-order valence-electron chi connectivity index (χ2n) is 6.77. The summed E-state index contributed by atoms with van der Waals surface area (Å²) < 4.78 is 0. The van der Waals surface area contributed by atoms with Gasteiger partial charge in [0.25, 0.3) is 0 Å². The lowest BCUT2D eigenvalue weighted by Gasteiger charge is -2.28. The number of carbonyl (C=O) groups is 1.